The summed E-state index contributed by atoms with van der Waals surface area (Å²) in [5, 5.41) is 9.19. The molecule has 0 aliphatic carbocycles. The van der Waals surface area contributed by atoms with Crippen molar-refractivity contribution in [3.05, 3.63) is 67.2 Å². The molecule has 134 valence electrons. The Balaban J connectivity index is 1.90. The summed E-state index contributed by atoms with van der Waals surface area (Å²) in [5.74, 6) is -1.45. The van der Waals surface area contributed by atoms with Crippen molar-refractivity contribution in [2.24, 2.45) is 0 Å². The van der Waals surface area contributed by atoms with Crippen LogP contribution in [0.15, 0.2) is 35.2 Å². The Morgan fingerprint density at radius 1 is 1.12 bits per heavy atom. The molecule has 3 rings (SSSR count). The molecule has 1 saturated heterocycles. The van der Waals surface area contributed by atoms with Crippen LogP contribution in [0.25, 0.3) is 6.08 Å². The average molecular weight is 433 g/mol. The quantitative estimate of drug-likeness (QED) is 0.629. The molecule has 1 heterocycles. The number of phenols is 1. The largest absolute Gasteiger partial charge is 0.505 e. The summed E-state index contributed by atoms with van der Waals surface area (Å²) in [7, 11) is 0. The molecule has 9 heteroatoms. The van der Waals surface area contributed by atoms with E-state index in [1.54, 1.807) is 0 Å². The molecule has 0 atom stereocenters. The lowest BCUT2D eigenvalue weighted by molar-refractivity contribution is -0.123. The maximum Gasteiger partial charge on any atom is 0.293 e. The molecule has 1 fully saturated rings. The van der Waals surface area contributed by atoms with E-state index in [4.69, 9.17) is 34.8 Å². The molecular formula is C17H9Cl3FNO3S. The van der Waals surface area contributed by atoms with Crippen LogP contribution in [-0.4, -0.2) is 21.2 Å². The van der Waals surface area contributed by atoms with E-state index in [-0.39, 0.29) is 37.8 Å². The van der Waals surface area contributed by atoms with Crippen LogP contribution in [0.5, 0.6) is 5.75 Å². The number of phenolic OH excluding ortho intramolecular Hbond substituents is 1. The minimum Gasteiger partial charge on any atom is -0.505 e. The number of carbonyl (C=O) groups is 2. The van der Waals surface area contributed by atoms with E-state index in [1.807, 2.05) is 0 Å². The number of imide groups is 1. The standard InChI is InChI=1S/C17H9Cl3FNO3S/c18-10-2-1-3-13(21)9(10)7-22-16(24)14(26-17(22)25)6-8-4-11(19)15(23)12(20)5-8/h1-6,23H,7H2. The number of hydrogen-bond acceptors (Lipinski definition) is 4. The summed E-state index contributed by atoms with van der Waals surface area (Å²) in [6, 6.07) is 6.94. The normalized spacial score (nSPS) is 16.0. The second kappa shape index (κ2) is 7.48. The number of rotatable bonds is 3. The highest BCUT2D eigenvalue weighted by molar-refractivity contribution is 8.18. The van der Waals surface area contributed by atoms with Gasteiger partial charge in [0, 0.05) is 10.6 Å². The smallest absolute Gasteiger partial charge is 0.293 e. The molecular weight excluding hydrogens is 424 g/mol. The summed E-state index contributed by atoms with van der Waals surface area (Å²) in [5.41, 5.74) is 0.501. The molecule has 1 N–H and O–H groups in total. The Morgan fingerprint density at radius 2 is 1.77 bits per heavy atom. The van der Waals surface area contributed by atoms with Crippen molar-refractivity contribution in [3.8, 4) is 5.75 Å². The van der Waals surface area contributed by atoms with Crippen LogP contribution in [0.1, 0.15) is 11.1 Å². The molecule has 2 aromatic rings. The highest BCUT2D eigenvalue weighted by atomic mass is 35.5. The first-order chi connectivity index (χ1) is 12.3. The number of benzene rings is 2. The fraction of sp³-hybridized carbons (Fsp3) is 0.0588. The monoisotopic (exact) mass is 431 g/mol. The maximum atomic E-state index is 13.9. The van der Waals surface area contributed by atoms with Gasteiger partial charge in [-0.05, 0) is 47.7 Å². The van der Waals surface area contributed by atoms with Crippen molar-refractivity contribution in [1.82, 2.24) is 4.90 Å². The lowest BCUT2D eigenvalue weighted by atomic mass is 10.2. The molecule has 0 aromatic heterocycles. The number of aromatic hydroxyl groups is 1. The van der Waals surface area contributed by atoms with Crippen molar-refractivity contribution < 1.29 is 19.1 Å². The van der Waals surface area contributed by atoms with Crippen molar-refractivity contribution in [2.45, 2.75) is 6.54 Å². The predicted molar refractivity (Wildman–Crippen MR) is 101 cm³/mol. The van der Waals surface area contributed by atoms with Gasteiger partial charge >= 0.3 is 0 Å². The zero-order valence-electron chi connectivity index (χ0n) is 12.8. The SMILES string of the molecule is O=C1SC(=Cc2cc(Cl)c(O)c(Cl)c2)C(=O)N1Cc1c(F)cccc1Cl. The van der Waals surface area contributed by atoms with Gasteiger partial charge in [0.1, 0.15) is 5.82 Å². The van der Waals surface area contributed by atoms with Gasteiger partial charge in [0.15, 0.2) is 5.75 Å². The molecule has 0 saturated carbocycles. The van der Waals surface area contributed by atoms with Crippen molar-refractivity contribution in [3.63, 3.8) is 0 Å². The third kappa shape index (κ3) is 3.69. The van der Waals surface area contributed by atoms with Crippen molar-refractivity contribution in [1.29, 1.82) is 0 Å². The number of nitrogens with zero attached hydrogens (tertiary/aromatic N) is 1. The van der Waals surface area contributed by atoms with E-state index in [1.165, 1.54) is 36.4 Å². The Kier molecular flexibility index (Phi) is 5.48. The van der Waals surface area contributed by atoms with E-state index in [0.717, 1.165) is 4.90 Å². The Hall–Kier alpha value is -1.73. The van der Waals surface area contributed by atoms with Gasteiger partial charge in [0.2, 0.25) is 0 Å². The van der Waals surface area contributed by atoms with Crippen LogP contribution in [-0.2, 0) is 11.3 Å². The maximum absolute atomic E-state index is 13.9. The highest BCUT2D eigenvalue weighted by Crippen LogP contribution is 2.37. The lowest BCUT2D eigenvalue weighted by Crippen LogP contribution is -2.28. The second-order valence-electron chi connectivity index (χ2n) is 5.30. The van der Waals surface area contributed by atoms with Gasteiger partial charge < -0.3 is 5.11 Å². The van der Waals surface area contributed by atoms with E-state index >= 15 is 0 Å². The van der Waals surface area contributed by atoms with Crippen LogP contribution in [0.4, 0.5) is 9.18 Å². The molecule has 0 bridgehead atoms. The molecule has 1 aliphatic rings. The first kappa shape index (κ1) is 19.0. The summed E-state index contributed by atoms with van der Waals surface area (Å²) in [4.78, 5) is 25.7. The molecule has 0 unspecified atom stereocenters. The van der Waals surface area contributed by atoms with E-state index in [9.17, 15) is 19.1 Å². The van der Waals surface area contributed by atoms with Crippen LogP contribution in [0.2, 0.25) is 15.1 Å². The third-order valence-electron chi connectivity index (χ3n) is 3.59. The summed E-state index contributed by atoms with van der Waals surface area (Å²) in [6.45, 7) is -0.273. The minimum atomic E-state index is -0.599. The third-order valence-corrected chi connectivity index (χ3v) is 5.43. The van der Waals surface area contributed by atoms with Gasteiger partial charge in [-0.1, -0.05) is 40.9 Å². The van der Waals surface area contributed by atoms with Gasteiger partial charge in [-0.3, -0.25) is 14.5 Å². The van der Waals surface area contributed by atoms with E-state index in [2.05, 4.69) is 0 Å². The van der Waals surface area contributed by atoms with Crippen LogP contribution in [0, 0.1) is 5.82 Å². The lowest BCUT2D eigenvalue weighted by Gasteiger charge is -2.14. The summed E-state index contributed by atoms with van der Waals surface area (Å²) in [6.07, 6.45) is 1.42. The van der Waals surface area contributed by atoms with Crippen LogP contribution < -0.4 is 0 Å². The second-order valence-corrected chi connectivity index (χ2v) is 7.52. The van der Waals surface area contributed by atoms with Crippen LogP contribution >= 0.6 is 46.6 Å². The van der Waals surface area contributed by atoms with Gasteiger partial charge in [-0.25, -0.2) is 4.39 Å². The summed E-state index contributed by atoms with van der Waals surface area (Å²) >= 11 is 18.4. The zero-order chi connectivity index (χ0) is 19.0. The minimum absolute atomic E-state index is 0.0149. The number of thioether (sulfide) groups is 1. The first-order valence-electron chi connectivity index (χ1n) is 7.14. The predicted octanol–water partition coefficient (Wildman–Crippen LogP) is 5.73. The topological polar surface area (TPSA) is 57.6 Å². The molecule has 26 heavy (non-hydrogen) atoms. The molecule has 1 aliphatic heterocycles. The van der Waals surface area contributed by atoms with E-state index in [0.29, 0.717) is 17.3 Å². The number of hydrogen-bond donors (Lipinski definition) is 1. The molecule has 2 aromatic carbocycles. The van der Waals surface area contributed by atoms with Crippen molar-refractivity contribution >= 4 is 63.8 Å². The number of carbonyl (C=O) groups excluding carboxylic acids is 2. The average Bonchev–Trinajstić information content (AvgIpc) is 2.83. The van der Waals surface area contributed by atoms with Gasteiger partial charge in [0.05, 0.1) is 21.5 Å². The van der Waals surface area contributed by atoms with Gasteiger partial charge in [-0.15, -0.1) is 0 Å². The molecule has 4 nitrogen and oxygen atoms in total. The van der Waals surface area contributed by atoms with Crippen LogP contribution in [0.3, 0.4) is 0 Å². The Bertz CT molecular complexity index is 921. The molecule has 2 amide bonds. The zero-order valence-corrected chi connectivity index (χ0v) is 15.9. The molecule has 0 radical (unpaired) electrons. The van der Waals surface area contributed by atoms with Gasteiger partial charge in [-0.2, -0.15) is 0 Å². The number of halogens is 4. The van der Waals surface area contributed by atoms with Gasteiger partial charge in [0.25, 0.3) is 11.1 Å². The number of amides is 2. The summed E-state index contributed by atoms with van der Waals surface area (Å²) < 4.78 is 13.9. The van der Waals surface area contributed by atoms with Crippen molar-refractivity contribution in [2.75, 3.05) is 0 Å². The fourth-order valence-corrected chi connectivity index (χ4v) is 3.86. The van der Waals surface area contributed by atoms with E-state index < -0.39 is 17.0 Å². The fourth-order valence-electron chi connectivity index (χ4n) is 2.30. The first-order valence-corrected chi connectivity index (χ1v) is 9.09. The molecule has 0 spiro atoms. The highest BCUT2D eigenvalue weighted by Gasteiger charge is 2.36. The Labute approximate surface area is 167 Å². The Morgan fingerprint density at radius 3 is 2.38 bits per heavy atom.